The third-order valence-corrected chi connectivity index (χ3v) is 5.02. The van der Waals surface area contributed by atoms with Crippen molar-refractivity contribution in [3.8, 4) is 0 Å². The highest BCUT2D eigenvalue weighted by Crippen LogP contribution is 2.40. The van der Waals surface area contributed by atoms with Crippen LogP contribution >= 0.6 is 15.9 Å². The van der Waals surface area contributed by atoms with Crippen LogP contribution in [-0.2, 0) is 19.1 Å². The van der Waals surface area contributed by atoms with Crippen LogP contribution in [0.4, 0.5) is 5.69 Å². The second-order valence-corrected chi connectivity index (χ2v) is 7.05. The molecule has 0 amide bonds. The van der Waals surface area contributed by atoms with Crippen molar-refractivity contribution >= 4 is 39.3 Å². The first-order chi connectivity index (χ1) is 13.3. The number of methoxy groups -OCH3 is 1. The second-order valence-electron chi connectivity index (χ2n) is 6.26. The Kier molecular flexibility index (Phi) is 7.45. The molecule has 1 aromatic carbocycles. The van der Waals surface area contributed by atoms with Gasteiger partial charge in [0.25, 0.3) is 5.69 Å². The molecular formula is C19H21BrN2O6. The van der Waals surface area contributed by atoms with E-state index in [4.69, 9.17) is 9.47 Å². The van der Waals surface area contributed by atoms with Gasteiger partial charge in [0.2, 0.25) is 0 Å². The van der Waals surface area contributed by atoms with Crippen molar-refractivity contribution in [2.45, 2.75) is 26.2 Å². The van der Waals surface area contributed by atoms with Crippen LogP contribution in [0.1, 0.15) is 31.7 Å². The zero-order chi connectivity index (χ0) is 20.8. The van der Waals surface area contributed by atoms with Crippen LogP contribution in [0.15, 0.2) is 40.5 Å². The van der Waals surface area contributed by atoms with Crippen LogP contribution in [-0.4, -0.2) is 41.6 Å². The van der Waals surface area contributed by atoms with Crippen molar-refractivity contribution < 1.29 is 24.0 Å². The van der Waals surface area contributed by atoms with Gasteiger partial charge in [0, 0.05) is 34.8 Å². The summed E-state index contributed by atoms with van der Waals surface area (Å²) in [5.74, 6) is -2.84. The number of halogens is 1. The lowest BCUT2D eigenvalue weighted by atomic mass is 9.75. The predicted molar refractivity (Wildman–Crippen MR) is 107 cm³/mol. The summed E-state index contributed by atoms with van der Waals surface area (Å²) in [4.78, 5) is 40.3. The SMILES string of the molecule is COC(=O)C1C(C)=NC(C)=C(C(=O)OCCCBr)C1c1cccc([N+](=O)[O-])c1. The number of rotatable bonds is 7. The van der Waals surface area contributed by atoms with Gasteiger partial charge in [0.05, 0.1) is 24.2 Å². The molecule has 2 atom stereocenters. The Balaban J connectivity index is 2.59. The third-order valence-electron chi connectivity index (χ3n) is 4.45. The Morgan fingerprint density at radius 1 is 1.32 bits per heavy atom. The first kappa shape index (κ1) is 21.7. The molecule has 0 N–H and O–H groups in total. The van der Waals surface area contributed by atoms with E-state index in [9.17, 15) is 19.7 Å². The van der Waals surface area contributed by atoms with Gasteiger partial charge in [0.15, 0.2) is 0 Å². The number of hydrogen-bond acceptors (Lipinski definition) is 7. The fourth-order valence-electron chi connectivity index (χ4n) is 3.22. The van der Waals surface area contributed by atoms with E-state index in [2.05, 4.69) is 20.9 Å². The first-order valence-electron chi connectivity index (χ1n) is 8.63. The number of non-ortho nitro benzene ring substituents is 1. The summed E-state index contributed by atoms with van der Waals surface area (Å²) >= 11 is 3.27. The summed E-state index contributed by atoms with van der Waals surface area (Å²) in [5, 5.41) is 11.9. The molecule has 0 fully saturated rings. The monoisotopic (exact) mass is 452 g/mol. The molecule has 9 heteroatoms. The van der Waals surface area contributed by atoms with Gasteiger partial charge in [-0.1, -0.05) is 28.1 Å². The van der Waals surface area contributed by atoms with Gasteiger partial charge in [-0.05, 0) is 25.8 Å². The summed E-state index contributed by atoms with van der Waals surface area (Å²) < 4.78 is 10.3. The fourth-order valence-corrected chi connectivity index (χ4v) is 3.45. The molecule has 0 radical (unpaired) electrons. The van der Waals surface area contributed by atoms with Gasteiger partial charge in [0.1, 0.15) is 5.92 Å². The highest BCUT2D eigenvalue weighted by Gasteiger charge is 2.42. The largest absolute Gasteiger partial charge is 0.468 e. The molecule has 0 aromatic heterocycles. The van der Waals surface area contributed by atoms with E-state index >= 15 is 0 Å². The number of aliphatic imine (C=N–C) groups is 1. The lowest BCUT2D eigenvalue weighted by Crippen LogP contribution is -2.36. The van der Waals surface area contributed by atoms with Crippen molar-refractivity contribution in [1.29, 1.82) is 0 Å². The second kappa shape index (κ2) is 9.59. The minimum atomic E-state index is -0.880. The Bertz CT molecular complexity index is 849. The number of ether oxygens (including phenoxy) is 2. The molecule has 0 saturated carbocycles. The molecule has 1 aliphatic heterocycles. The number of alkyl halides is 1. The van der Waals surface area contributed by atoms with Gasteiger partial charge in [-0.25, -0.2) is 4.79 Å². The maximum atomic E-state index is 12.8. The quantitative estimate of drug-likeness (QED) is 0.206. The molecule has 0 bridgehead atoms. The maximum Gasteiger partial charge on any atom is 0.336 e. The molecule has 2 unspecified atom stereocenters. The number of allylic oxidation sites excluding steroid dienone is 1. The van der Waals surface area contributed by atoms with E-state index in [-0.39, 0.29) is 17.9 Å². The van der Waals surface area contributed by atoms with E-state index in [1.54, 1.807) is 19.9 Å². The van der Waals surface area contributed by atoms with Crippen LogP contribution in [0.5, 0.6) is 0 Å². The summed E-state index contributed by atoms with van der Waals surface area (Å²) in [6.45, 7) is 3.53. The van der Waals surface area contributed by atoms with Crippen LogP contribution in [0.25, 0.3) is 0 Å². The van der Waals surface area contributed by atoms with E-state index < -0.39 is 28.7 Å². The molecule has 8 nitrogen and oxygen atoms in total. The number of hydrogen-bond donors (Lipinski definition) is 0. The standard InChI is InChI=1S/C19H21BrN2O6/c1-11-15(18(23)27-3)17(13-6-4-7-14(10-13)22(25)26)16(12(2)21-11)19(24)28-9-5-8-20/h4,6-7,10,15,17H,5,8-9H2,1-3H3. The smallest absolute Gasteiger partial charge is 0.336 e. The van der Waals surface area contributed by atoms with E-state index in [1.807, 2.05) is 0 Å². The lowest BCUT2D eigenvalue weighted by molar-refractivity contribution is -0.384. The Hall–Kier alpha value is -2.55. The first-order valence-corrected chi connectivity index (χ1v) is 9.75. The zero-order valence-electron chi connectivity index (χ0n) is 15.8. The molecule has 150 valence electrons. The number of nitro benzene ring substituents is 1. The van der Waals surface area contributed by atoms with Crippen molar-refractivity contribution in [3.63, 3.8) is 0 Å². The molecule has 0 spiro atoms. The number of carbonyl (C=O) groups excluding carboxylic acids is 2. The molecule has 2 rings (SSSR count). The molecule has 1 aliphatic rings. The van der Waals surface area contributed by atoms with E-state index in [0.29, 0.717) is 28.7 Å². The highest BCUT2D eigenvalue weighted by molar-refractivity contribution is 9.09. The number of benzene rings is 1. The summed E-state index contributed by atoms with van der Waals surface area (Å²) in [7, 11) is 1.25. The summed E-state index contributed by atoms with van der Waals surface area (Å²) in [6.07, 6.45) is 0.627. The van der Waals surface area contributed by atoms with Gasteiger partial charge >= 0.3 is 11.9 Å². The predicted octanol–water partition coefficient (Wildman–Crippen LogP) is 3.54. The average molecular weight is 453 g/mol. The number of carbonyl (C=O) groups is 2. The third kappa shape index (κ3) is 4.64. The summed E-state index contributed by atoms with van der Waals surface area (Å²) in [6, 6.07) is 5.88. The lowest BCUT2D eigenvalue weighted by Gasteiger charge is -2.31. The molecule has 0 saturated heterocycles. The van der Waals surface area contributed by atoms with Crippen LogP contribution < -0.4 is 0 Å². The van der Waals surface area contributed by atoms with Crippen molar-refractivity contribution in [1.82, 2.24) is 0 Å². The van der Waals surface area contributed by atoms with Crippen LogP contribution in [0.3, 0.4) is 0 Å². The van der Waals surface area contributed by atoms with Gasteiger partial charge < -0.3 is 9.47 Å². The van der Waals surface area contributed by atoms with Crippen molar-refractivity contribution in [3.05, 3.63) is 51.2 Å². The average Bonchev–Trinajstić information content (AvgIpc) is 2.67. The number of esters is 2. The summed E-state index contributed by atoms with van der Waals surface area (Å²) in [5.41, 5.74) is 1.41. The fraction of sp³-hybridized carbons (Fsp3) is 0.421. The molecule has 0 aliphatic carbocycles. The highest BCUT2D eigenvalue weighted by atomic mass is 79.9. The Labute approximate surface area is 170 Å². The van der Waals surface area contributed by atoms with Gasteiger partial charge in [-0.15, -0.1) is 0 Å². The molecular weight excluding hydrogens is 432 g/mol. The van der Waals surface area contributed by atoms with E-state index in [1.165, 1.54) is 25.3 Å². The topological polar surface area (TPSA) is 108 Å². The normalized spacial score (nSPS) is 19.1. The maximum absolute atomic E-state index is 12.8. The van der Waals surface area contributed by atoms with Gasteiger partial charge in [-0.2, -0.15) is 0 Å². The minimum Gasteiger partial charge on any atom is -0.468 e. The Morgan fingerprint density at radius 2 is 2.04 bits per heavy atom. The number of nitrogens with zero attached hydrogens (tertiary/aromatic N) is 2. The minimum absolute atomic E-state index is 0.133. The van der Waals surface area contributed by atoms with Crippen molar-refractivity contribution in [2.75, 3.05) is 19.0 Å². The Morgan fingerprint density at radius 3 is 2.64 bits per heavy atom. The molecule has 1 heterocycles. The van der Waals surface area contributed by atoms with Crippen LogP contribution in [0.2, 0.25) is 0 Å². The van der Waals surface area contributed by atoms with Crippen LogP contribution in [0, 0.1) is 16.0 Å². The molecule has 28 heavy (non-hydrogen) atoms. The zero-order valence-corrected chi connectivity index (χ0v) is 17.4. The van der Waals surface area contributed by atoms with Crippen molar-refractivity contribution in [2.24, 2.45) is 10.9 Å². The van der Waals surface area contributed by atoms with E-state index in [0.717, 1.165) is 0 Å². The van der Waals surface area contributed by atoms with Gasteiger partial charge in [-0.3, -0.25) is 19.9 Å². The number of nitro groups is 1. The molecule has 1 aromatic rings.